The van der Waals surface area contributed by atoms with Crippen LogP contribution in [0.2, 0.25) is 0 Å². The van der Waals surface area contributed by atoms with Crippen molar-refractivity contribution in [3.63, 3.8) is 0 Å². The zero-order chi connectivity index (χ0) is 16.4. The molecule has 4 rings (SSSR count). The lowest BCUT2D eigenvalue weighted by molar-refractivity contribution is 0.0802. The maximum Gasteiger partial charge on any atom is 0.120 e. The van der Waals surface area contributed by atoms with E-state index in [1.165, 1.54) is 0 Å². The minimum absolute atomic E-state index is 0.496. The second-order valence-corrected chi connectivity index (χ2v) is 6.15. The first-order valence-corrected chi connectivity index (χ1v) is 8.16. The molecule has 0 aliphatic heterocycles. The van der Waals surface area contributed by atoms with Crippen molar-refractivity contribution in [2.24, 2.45) is 0 Å². The summed E-state index contributed by atoms with van der Waals surface area (Å²) in [4.78, 5) is 3.43. The van der Waals surface area contributed by atoms with Crippen molar-refractivity contribution < 1.29 is 5.11 Å². The number of aromatic amines is 1. The Balaban J connectivity index is 1.81. The highest BCUT2D eigenvalue weighted by atomic mass is 16.3. The van der Waals surface area contributed by atoms with Crippen LogP contribution < -0.4 is 0 Å². The van der Waals surface area contributed by atoms with Crippen LogP contribution in [0.25, 0.3) is 10.9 Å². The number of aliphatic hydroxyl groups is 1. The Morgan fingerprint density at radius 1 is 0.708 bits per heavy atom. The first-order valence-electron chi connectivity index (χ1n) is 8.16. The highest BCUT2D eigenvalue weighted by Crippen LogP contribution is 2.33. The number of hydrogen-bond donors (Lipinski definition) is 2. The van der Waals surface area contributed by atoms with Gasteiger partial charge in [-0.1, -0.05) is 78.9 Å². The molecule has 0 bridgehead atoms. The summed E-state index contributed by atoms with van der Waals surface area (Å²) >= 11 is 0. The van der Waals surface area contributed by atoms with Gasteiger partial charge in [0.25, 0.3) is 0 Å². The van der Waals surface area contributed by atoms with E-state index < -0.39 is 5.60 Å². The summed E-state index contributed by atoms with van der Waals surface area (Å²) in [5.74, 6) is 0. The molecular weight excluding hydrogens is 294 g/mol. The second kappa shape index (κ2) is 5.99. The van der Waals surface area contributed by atoms with Gasteiger partial charge < -0.3 is 10.1 Å². The molecule has 1 heterocycles. The van der Waals surface area contributed by atoms with Crippen molar-refractivity contribution in [3.8, 4) is 0 Å². The Hall–Kier alpha value is -2.84. The Labute approximate surface area is 141 Å². The van der Waals surface area contributed by atoms with Crippen molar-refractivity contribution in [1.82, 2.24) is 4.98 Å². The number of hydrogen-bond acceptors (Lipinski definition) is 1. The molecule has 24 heavy (non-hydrogen) atoms. The van der Waals surface area contributed by atoms with Crippen molar-refractivity contribution in [2.45, 2.75) is 12.0 Å². The normalized spacial score (nSPS) is 11.7. The molecule has 0 radical (unpaired) electrons. The monoisotopic (exact) mass is 313 g/mol. The average Bonchev–Trinajstić information content (AvgIpc) is 3.05. The highest BCUT2D eigenvalue weighted by Gasteiger charge is 2.32. The largest absolute Gasteiger partial charge is 0.380 e. The van der Waals surface area contributed by atoms with Crippen LogP contribution in [0.5, 0.6) is 0 Å². The van der Waals surface area contributed by atoms with Crippen LogP contribution in [0.1, 0.15) is 16.8 Å². The second-order valence-electron chi connectivity index (χ2n) is 6.15. The summed E-state index contributed by atoms with van der Waals surface area (Å²) in [6.07, 6.45) is 0.496. The van der Waals surface area contributed by atoms with Crippen LogP contribution in [0.4, 0.5) is 0 Å². The number of H-pyrrole nitrogens is 1. The SMILES string of the molecule is OC(Cc1cc2ccccc2[nH]1)(c1ccccc1)c1ccccc1. The molecular formula is C22H19NO. The Morgan fingerprint density at radius 3 is 1.83 bits per heavy atom. The predicted octanol–water partition coefficient (Wildman–Crippen LogP) is 4.65. The summed E-state index contributed by atoms with van der Waals surface area (Å²) in [6, 6.07) is 30.0. The summed E-state index contributed by atoms with van der Waals surface area (Å²) in [7, 11) is 0. The van der Waals surface area contributed by atoms with E-state index in [4.69, 9.17) is 0 Å². The lowest BCUT2D eigenvalue weighted by atomic mass is 9.82. The van der Waals surface area contributed by atoms with Crippen LogP contribution in [0, 0.1) is 0 Å². The first-order chi connectivity index (χ1) is 11.8. The van der Waals surface area contributed by atoms with E-state index in [0.717, 1.165) is 27.7 Å². The smallest absolute Gasteiger partial charge is 0.120 e. The van der Waals surface area contributed by atoms with Gasteiger partial charge in [0.2, 0.25) is 0 Å². The van der Waals surface area contributed by atoms with Gasteiger partial charge in [0, 0.05) is 17.6 Å². The molecule has 0 fully saturated rings. The fourth-order valence-electron chi connectivity index (χ4n) is 3.30. The maximum atomic E-state index is 11.6. The molecule has 0 amide bonds. The van der Waals surface area contributed by atoms with Crippen LogP contribution in [0.15, 0.2) is 91.0 Å². The van der Waals surface area contributed by atoms with Gasteiger partial charge in [0.05, 0.1) is 0 Å². The zero-order valence-corrected chi connectivity index (χ0v) is 13.3. The Morgan fingerprint density at radius 2 is 1.25 bits per heavy atom. The van der Waals surface area contributed by atoms with E-state index in [0.29, 0.717) is 6.42 Å². The van der Waals surface area contributed by atoms with Gasteiger partial charge in [0.1, 0.15) is 5.60 Å². The minimum Gasteiger partial charge on any atom is -0.380 e. The van der Waals surface area contributed by atoms with Gasteiger partial charge in [-0.15, -0.1) is 0 Å². The summed E-state index contributed by atoms with van der Waals surface area (Å²) in [5, 5.41) is 12.8. The van der Waals surface area contributed by atoms with E-state index in [-0.39, 0.29) is 0 Å². The molecule has 3 aromatic carbocycles. The lowest BCUT2D eigenvalue weighted by Crippen LogP contribution is -2.30. The van der Waals surface area contributed by atoms with Crippen molar-refractivity contribution in [2.75, 3.05) is 0 Å². The molecule has 1 aromatic heterocycles. The molecule has 0 saturated heterocycles. The molecule has 2 heteroatoms. The Bertz CT molecular complexity index is 869. The zero-order valence-electron chi connectivity index (χ0n) is 13.3. The standard InChI is InChI=1S/C22H19NO/c24-22(18-10-3-1-4-11-18,19-12-5-2-6-13-19)16-20-15-17-9-7-8-14-21(17)23-20/h1-15,23-24H,16H2. The van der Waals surface area contributed by atoms with E-state index in [1.807, 2.05) is 72.8 Å². The lowest BCUT2D eigenvalue weighted by Gasteiger charge is -2.29. The molecule has 0 saturated carbocycles. The highest BCUT2D eigenvalue weighted by molar-refractivity contribution is 5.80. The van der Waals surface area contributed by atoms with Crippen molar-refractivity contribution >= 4 is 10.9 Å². The molecule has 0 atom stereocenters. The first kappa shape index (κ1) is 14.7. The summed E-state index contributed by atoms with van der Waals surface area (Å²) in [5.41, 5.74) is 2.84. The van der Waals surface area contributed by atoms with Crippen LogP contribution in [0.3, 0.4) is 0 Å². The number of rotatable bonds is 4. The van der Waals surface area contributed by atoms with Gasteiger partial charge in [-0.3, -0.25) is 0 Å². The van der Waals surface area contributed by atoms with Gasteiger partial charge >= 0.3 is 0 Å². The van der Waals surface area contributed by atoms with Crippen LogP contribution >= 0.6 is 0 Å². The number of benzene rings is 3. The maximum absolute atomic E-state index is 11.6. The predicted molar refractivity (Wildman–Crippen MR) is 97.9 cm³/mol. The molecule has 0 spiro atoms. The number of nitrogens with one attached hydrogen (secondary N) is 1. The third kappa shape index (κ3) is 2.61. The molecule has 0 aliphatic carbocycles. The third-order valence-electron chi connectivity index (χ3n) is 4.53. The van der Waals surface area contributed by atoms with Gasteiger partial charge in [-0.25, -0.2) is 0 Å². The number of aromatic nitrogens is 1. The van der Waals surface area contributed by atoms with Crippen LogP contribution in [-0.4, -0.2) is 10.1 Å². The summed E-state index contributed by atoms with van der Waals surface area (Å²) in [6.45, 7) is 0. The van der Waals surface area contributed by atoms with E-state index in [2.05, 4.69) is 23.2 Å². The number of fused-ring (bicyclic) bond motifs is 1. The van der Waals surface area contributed by atoms with E-state index >= 15 is 0 Å². The van der Waals surface area contributed by atoms with Crippen LogP contribution in [-0.2, 0) is 12.0 Å². The molecule has 4 aromatic rings. The fraction of sp³-hybridized carbons (Fsp3) is 0.0909. The molecule has 2 nitrogen and oxygen atoms in total. The van der Waals surface area contributed by atoms with Crippen molar-refractivity contribution in [1.29, 1.82) is 0 Å². The number of para-hydroxylation sites is 1. The topological polar surface area (TPSA) is 36.0 Å². The molecule has 0 unspecified atom stereocenters. The average molecular weight is 313 g/mol. The molecule has 0 aliphatic rings. The van der Waals surface area contributed by atoms with Gasteiger partial charge in [-0.2, -0.15) is 0 Å². The van der Waals surface area contributed by atoms with Gasteiger partial charge in [-0.05, 0) is 28.6 Å². The molecule has 118 valence electrons. The van der Waals surface area contributed by atoms with Gasteiger partial charge in [0.15, 0.2) is 0 Å². The summed E-state index contributed by atoms with van der Waals surface area (Å²) < 4.78 is 0. The Kier molecular flexibility index (Phi) is 3.68. The van der Waals surface area contributed by atoms with E-state index in [9.17, 15) is 5.11 Å². The quantitative estimate of drug-likeness (QED) is 0.565. The third-order valence-corrected chi connectivity index (χ3v) is 4.53. The van der Waals surface area contributed by atoms with E-state index in [1.54, 1.807) is 0 Å². The van der Waals surface area contributed by atoms with Crippen molar-refractivity contribution in [3.05, 3.63) is 108 Å². The molecule has 2 N–H and O–H groups in total. The minimum atomic E-state index is -1.07. The fourth-order valence-corrected chi connectivity index (χ4v) is 3.30.